The lowest BCUT2D eigenvalue weighted by Crippen LogP contribution is -2.40. The summed E-state index contributed by atoms with van der Waals surface area (Å²) in [6, 6.07) is 12.0. The molecule has 1 N–H and O–H groups in total. The molecule has 202 valence electrons. The number of nitrogens with zero attached hydrogens (tertiary/aromatic N) is 5. The summed E-state index contributed by atoms with van der Waals surface area (Å²) in [7, 11) is -1.88. The quantitative estimate of drug-likeness (QED) is 0.214. The molecule has 38 heavy (non-hydrogen) atoms. The van der Waals surface area contributed by atoms with Gasteiger partial charge in [0.15, 0.2) is 14.1 Å². The first-order chi connectivity index (χ1) is 17.7. The van der Waals surface area contributed by atoms with Crippen LogP contribution in [0.3, 0.4) is 0 Å². The van der Waals surface area contributed by atoms with E-state index in [0.29, 0.717) is 13.2 Å². The average molecular weight is 551 g/mol. The van der Waals surface area contributed by atoms with Crippen molar-refractivity contribution in [1.29, 1.82) is 0 Å². The van der Waals surface area contributed by atoms with E-state index >= 15 is 0 Å². The summed E-state index contributed by atoms with van der Waals surface area (Å²) in [5.74, 6) is 0.738. The molecule has 4 aromatic rings. The highest BCUT2D eigenvalue weighted by molar-refractivity contribution is 7.90. The van der Waals surface area contributed by atoms with Gasteiger partial charge >= 0.3 is 0 Å². The number of aromatic nitrogens is 5. The van der Waals surface area contributed by atoms with Gasteiger partial charge in [-0.3, -0.25) is 4.98 Å². The Hall–Kier alpha value is -2.63. The standard InChI is InChI=1S/C28H38N6O2SSi/c1-27(2,3)37(35)31-17-23-16-29-18-24(32-23)20-12-13-21-15-30-34(25(21)14-20)26-11-9-10-22(33-26)19-36-38(7,8)28(4,5)6/h9-16,18,31H,17,19H2,1-8H3/t37-/m1/s1. The molecular formula is C28H38N6O2SSi. The van der Waals surface area contributed by atoms with Gasteiger partial charge in [0.2, 0.25) is 0 Å². The predicted octanol–water partition coefficient (Wildman–Crippen LogP) is 5.95. The summed E-state index contributed by atoms with van der Waals surface area (Å²) in [4.78, 5) is 14.0. The van der Waals surface area contributed by atoms with Crippen molar-refractivity contribution in [3.8, 4) is 17.1 Å². The molecule has 0 saturated heterocycles. The van der Waals surface area contributed by atoms with Gasteiger partial charge in [-0.15, -0.1) is 4.72 Å². The zero-order chi connectivity index (χ0) is 27.7. The van der Waals surface area contributed by atoms with E-state index in [1.807, 2.05) is 62.0 Å². The Kier molecular flexibility index (Phi) is 8.11. The molecule has 1 atom stereocenters. The molecule has 3 aromatic heterocycles. The van der Waals surface area contributed by atoms with Crippen LogP contribution in [0, 0.1) is 0 Å². The lowest BCUT2D eigenvalue weighted by Gasteiger charge is -2.36. The van der Waals surface area contributed by atoms with Crippen molar-refractivity contribution in [2.75, 3.05) is 0 Å². The Morgan fingerprint density at radius 3 is 2.45 bits per heavy atom. The zero-order valence-corrected chi connectivity index (χ0v) is 25.4. The Labute approximate surface area is 229 Å². The van der Waals surface area contributed by atoms with E-state index in [-0.39, 0.29) is 9.79 Å². The number of pyridine rings is 1. The fraction of sp³-hybridized carbons (Fsp3) is 0.429. The molecule has 8 nitrogen and oxygen atoms in total. The molecule has 0 aliphatic heterocycles. The minimum Gasteiger partial charge on any atom is -0.598 e. The first-order valence-electron chi connectivity index (χ1n) is 12.8. The van der Waals surface area contributed by atoms with Crippen molar-refractivity contribution < 1.29 is 8.98 Å². The molecule has 10 heteroatoms. The third-order valence-electron chi connectivity index (χ3n) is 6.89. The molecule has 0 bridgehead atoms. The van der Waals surface area contributed by atoms with Crippen molar-refractivity contribution in [2.24, 2.45) is 0 Å². The van der Waals surface area contributed by atoms with Crippen molar-refractivity contribution in [2.45, 2.75) is 77.6 Å². The third kappa shape index (κ3) is 6.49. The lowest BCUT2D eigenvalue weighted by atomic mass is 10.1. The van der Waals surface area contributed by atoms with E-state index in [1.54, 1.807) is 12.4 Å². The fourth-order valence-corrected chi connectivity index (χ4v) is 5.14. The normalized spacial score (nSPS) is 13.7. The van der Waals surface area contributed by atoms with Crippen LogP contribution >= 0.6 is 0 Å². The highest BCUT2D eigenvalue weighted by atomic mass is 32.2. The van der Waals surface area contributed by atoms with Gasteiger partial charge in [0.25, 0.3) is 0 Å². The highest BCUT2D eigenvalue weighted by Crippen LogP contribution is 2.37. The van der Waals surface area contributed by atoms with Crippen LogP contribution in [0.15, 0.2) is 55.0 Å². The van der Waals surface area contributed by atoms with E-state index in [4.69, 9.17) is 14.4 Å². The summed E-state index contributed by atoms with van der Waals surface area (Å²) < 4.78 is 23.3. The Morgan fingerprint density at radius 1 is 0.974 bits per heavy atom. The second-order valence-electron chi connectivity index (χ2n) is 12.0. The number of rotatable bonds is 8. The molecule has 0 aliphatic carbocycles. The van der Waals surface area contributed by atoms with E-state index < -0.39 is 19.7 Å². The summed E-state index contributed by atoms with van der Waals surface area (Å²) in [5.41, 5.74) is 4.19. The predicted molar refractivity (Wildman–Crippen MR) is 157 cm³/mol. The summed E-state index contributed by atoms with van der Waals surface area (Å²) in [6.07, 6.45) is 5.27. The molecule has 3 heterocycles. The molecule has 0 amide bonds. The van der Waals surface area contributed by atoms with Crippen LogP contribution in [0.4, 0.5) is 0 Å². The van der Waals surface area contributed by atoms with Gasteiger partial charge in [-0.25, -0.2) is 14.6 Å². The van der Waals surface area contributed by atoms with E-state index in [1.165, 1.54) is 0 Å². The molecule has 1 aromatic carbocycles. The van der Waals surface area contributed by atoms with Gasteiger partial charge in [0.05, 0.1) is 48.1 Å². The smallest absolute Gasteiger partial charge is 0.192 e. The minimum absolute atomic E-state index is 0.138. The number of hydrogen-bond acceptors (Lipinski definition) is 7. The molecule has 4 rings (SSSR count). The van der Waals surface area contributed by atoms with Crippen LogP contribution in [-0.4, -0.2) is 42.3 Å². The van der Waals surface area contributed by atoms with Gasteiger partial charge in [-0.1, -0.05) is 39.0 Å². The van der Waals surface area contributed by atoms with Crippen LogP contribution in [0.5, 0.6) is 0 Å². The maximum absolute atomic E-state index is 12.4. The van der Waals surface area contributed by atoms with E-state index in [2.05, 4.69) is 54.7 Å². The second-order valence-corrected chi connectivity index (χ2v) is 18.8. The van der Waals surface area contributed by atoms with Crippen molar-refractivity contribution in [1.82, 2.24) is 29.5 Å². The number of hydrogen-bond donors (Lipinski definition) is 1. The van der Waals surface area contributed by atoms with Crippen LogP contribution in [-0.2, 0) is 28.9 Å². The SMILES string of the molecule is CC(C)(C)[S@@+]([O-])NCc1cncc(-c2ccc3cnn(-c4cccc(CO[Si](C)(C)C(C)(C)C)n4)c3c2)n1. The Bertz CT molecular complexity index is 1410. The number of benzene rings is 1. The first kappa shape index (κ1) is 28.4. The van der Waals surface area contributed by atoms with Crippen LogP contribution in [0.25, 0.3) is 28.0 Å². The van der Waals surface area contributed by atoms with Gasteiger partial charge in [-0.05, 0) is 57.1 Å². The van der Waals surface area contributed by atoms with Crippen molar-refractivity contribution in [3.05, 3.63) is 66.4 Å². The van der Waals surface area contributed by atoms with Crippen molar-refractivity contribution >= 4 is 30.6 Å². The Balaban J connectivity index is 1.58. The Morgan fingerprint density at radius 2 is 1.74 bits per heavy atom. The van der Waals surface area contributed by atoms with Crippen LogP contribution in [0.1, 0.15) is 52.9 Å². The molecule has 0 aliphatic rings. The van der Waals surface area contributed by atoms with Crippen molar-refractivity contribution in [3.63, 3.8) is 0 Å². The minimum atomic E-state index is -1.88. The lowest BCUT2D eigenvalue weighted by molar-refractivity contribution is 0.272. The molecule has 0 fully saturated rings. The highest BCUT2D eigenvalue weighted by Gasteiger charge is 2.37. The third-order valence-corrected chi connectivity index (χ3v) is 12.9. The topological polar surface area (TPSA) is 101 Å². The van der Waals surface area contributed by atoms with Gasteiger partial charge < -0.3 is 8.98 Å². The zero-order valence-electron chi connectivity index (χ0n) is 23.6. The average Bonchev–Trinajstić information content (AvgIpc) is 3.28. The molecule has 0 spiro atoms. The van der Waals surface area contributed by atoms with Gasteiger partial charge in [0, 0.05) is 28.5 Å². The molecular weight excluding hydrogens is 513 g/mol. The second kappa shape index (κ2) is 10.9. The summed E-state index contributed by atoms with van der Waals surface area (Å²) >= 11 is -1.18. The largest absolute Gasteiger partial charge is 0.598 e. The number of nitrogens with one attached hydrogen (secondary N) is 1. The van der Waals surface area contributed by atoms with E-state index in [0.717, 1.165) is 39.4 Å². The molecule has 0 saturated carbocycles. The summed E-state index contributed by atoms with van der Waals surface area (Å²) in [5, 5.41) is 5.76. The van der Waals surface area contributed by atoms with Gasteiger partial charge in [0.1, 0.15) is 4.75 Å². The van der Waals surface area contributed by atoms with E-state index in [9.17, 15) is 4.55 Å². The number of fused-ring (bicyclic) bond motifs is 1. The molecule has 0 unspecified atom stereocenters. The maximum Gasteiger partial charge on any atom is 0.192 e. The first-order valence-corrected chi connectivity index (χ1v) is 16.9. The molecule has 0 radical (unpaired) electrons. The monoisotopic (exact) mass is 550 g/mol. The fourth-order valence-electron chi connectivity index (χ4n) is 3.48. The van der Waals surface area contributed by atoms with Crippen LogP contribution < -0.4 is 4.72 Å². The summed E-state index contributed by atoms with van der Waals surface area (Å²) in [6.45, 7) is 17.9. The van der Waals surface area contributed by atoms with Crippen LogP contribution in [0.2, 0.25) is 18.1 Å². The maximum atomic E-state index is 12.4. The van der Waals surface area contributed by atoms with Gasteiger partial charge in [-0.2, -0.15) is 5.10 Å².